The summed E-state index contributed by atoms with van der Waals surface area (Å²) in [4.78, 5) is 4.82. The quantitative estimate of drug-likeness (QED) is 0.718. The predicted molar refractivity (Wildman–Crippen MR) is 111 cm³/mol. The molecule has 1 atom stereocenters. The van der Waals surface area contributed by atoms with Crippen molar-refractivity contribution in [3.63, 3.8) is 0 Å². The van der Waals surface area contributed by atoms with E-state index in [1.807, 2.05) is 0 Å². The summed E-state index contributed by atoms with van der Waals surface area (Å²) in [5, 5.41) is 5.68. The molecular weight excluding hydrogens is 360 g/mol. The molecule has 5 heteroatoms. The minimum Gasteiger partial charge on any atom is -0.350 e. The fourth-order valence-corrected chi connectivity index (χ4v) is 7.29. The van der Waals surface area contributed by atoms with E-state index in [1.165, 1.54) is 55.0 Å². The molecule has 0 unspecified atom stereocenters. The number of hydrogen-bond acceptors (Lipinski definition) is 3. The fourth-order valence-electron chi connectivity index (χ4n) is 7.29. The molecule has 0 radical (unpaired) electrons. The Labute approximate surface area is 171 Å². The Bertz CT molecular complexity index is 1010. The van der Waals surface area contributed by atoms with Gasteiger partial charge in [-0.15, -0.1) is 0 Å². The van der Waals surface area contributed by atoms with Gasteiger partial charge in [0.05, 0.1) is 0 Å². The summed E-state index contributed by atoms with van der Waals surface area (Å²) in [6, 6.07) is 8.51. The second-order valence-corrected chi connectivity index (χ2v) is 10.3. The van der Waals surface area contributed by atoms with Gasteiger partial charge in [-0.3, -0.25) is 0 Å². The normalized spacial score (nSPS) is 31.6. The van der Waals surface area contributed by atoms with Crippen molar-refractivity contribution < 1.29 is 10.3 Å². The lowest BCUT2D eigenvalue weighted by Crippen LogP contribution is -2.54. The number of benzene rings is 1. The minimum atomic E-state index is -0.0154. The van der Waals surface area contributed by atoms with Crippen LogP contribution in [0, 0.1) is 23.2 Å². The van der Waals surface area contributed by atoms with Gasteiger partial charge in [-0.25, -0.2) is 0 Å². The van der Waals surface area contributed by atoms with Gasteiger partial charge in [0.15, 0.2) is 11.9 Å². The van der Waals surface area contributed by atoms with Gasteiger partial charge < -0.3 is 14.8 Å². The molecule has 5 nitrogen and oxygen atoms in total. The van der Waals surface area contributed by atoms with Gasteiger partial charge in [0, 0.05) is 37.0 Å². The molecule has 3 aromatic rings. The minimum absolute atomic E-state index is 0.0154. The van der Waals surface area contributed by atoms with Gasteiger partial charge in [0.25, 0.3) is 5.89 Å². The van der Waals surface area contributed by atoms with E-state index in [0.29, 0.717) is 11.3 Å². The number of hydrogen-bond donors (Lipinski definition) is 1. The third kappa shape index (κ3) is 3.02. The molecule has 0 saturated heterocycles. The molecule has 1 aromatic carbocycles. The van der Waals surface area contributed by atoms with Crippen LogP contribution < -0.4 is 5.73 Å². The summed E-state index contributed by atoms with van der Waals surface area (Å²) in [6.45, 7) is 0. The standard InChI is InChI=1S/C24H30N4O/c1-28-14-18(19-4-2-3-5-21(19)28)9-20(25)23-26-22(27-29-23)13-24-10-15-6-16(11-24)8-17(7-15)12-24/h2-5,14-17,20H,6-13,25H2,1H3/p+1/t15?,16?,17?,20-,24?/m0/s1. The van der Waals surface area contributed by atoms with E-state index >= 15 is 0 Å². The molecule has 2 aromatic heterocycles. The maximum Gasteiger partial charge on any atom is 0.285 e. The average Bonchev–Trinajstić information content (AvgIpc) is 3.26. The summed E-state index contributed by atoms with van der Waals surface area (Å²) >= 11 is 0. The van der Waals surface area contributed by atoms with Crippen LogP contribution in [0.25, 0.3) is 10.9 Å². The SMILES string of the molecule is Cn1cc(C[C@H]([NH3+])c2nc(CC34CC5CC(CC(C5)C3)C4)no2)c2ccccc21. The van der Waals surface area contributed by atoms with Crippen molar-refractivity contribution in [1.29, 1.82) is 0 Å². The van der Waals surface area contributed by atoms with Crippen LogP contribution >= 0.6 is 0 Å². The van der Waals surface area contributed by atoms with Gasteiger partial charge in [0.1, 0.15) is 0 Å². The van der Waals surface area contributed by atoms with E-state index in [4.69, 9.17) is 9.51 Å². The molecule has 4 fully saturated rings. The number of para-hydroxylation sites is 1. The van der Waals surface area contributed by atoms with Crippen molar-refractivity contribution in [3.8, 4) is 0 Å². The van der Waals surface area contributed by atoms with Crippen LogP contribution in [0.4, 0.5) is 0 Å². The Balaban J connectivity index is 1.19. The Morgan fingerprint density at radius 3 is 2.55 bits per heavy atom. The van der Waals surface area contributed by atoms with Crippen molar-refractivity contribution in [2.24, 2.45) is 30.2 Å². The number of aromatic nitrogens is 3. The van der Waals surface area contributed by atoms with E-state index in [9.17, 15) is 0 Å². The molecule has 4 saturated carbocycles. The first kappa shape index (κ1) is 17.7. The summed E-state index contributed by atoms with van der Waals surface area (Å²) in [5.74, 6) is 4.48. The number of quaternary nitrogens is 1. The van der Waals surface area contributed by atoms with Crippen molar-refractivity contribution >= 4 is 10.9 Å². The van der Waals surface area contributed by atoms with E-state index in [1.54, 1.807) is 0 Å². The topological polar surface area (TPSA) is 71.5 Å². The highest BCUT2D eigenvalue weighted by atomic mass is 16.5. The summed E-state index contributed by atoms with van der Waals surface area (Å²) in [7, 11) is 2.10. The first-order chi connectivity index (χ1) is 14.1. The maximum atomic E-state index is 5.70. The van der Waals surface area contributed by atoms with E-state index in [2.05, 4.69) is 53.0 Å². The van der Waals surface area contributed by atoms with Gasteiger partial charge >= 0.3 is 0 Å². The Morgan fingerprint density at radius 1 is 1.14 bits per heavy atom. The van der Waals surface area contributed by atoms with E-state index in [-0.39, 0.29) is 6.04 Å². The number of aryl methyl sites for hydroxylation is 1. The summed E-state index contributed by atoms with van der Waals surface area (Å²) in [5.41, 5.74) is 7.35. The van der Waals surface area contributed by atoms with Crippen molar-refractivity contribution in [1.82, 2.24) is 14.7 Å². The van der Waals surface area contributed by atoms with Crippen LogP contribution in [0.5, 0.6) is 0 Å². The number of nitrogens with zero attached hydrogens (tertiary/aromatic N) is 3. The fraction of sp³-hybridized carbons (Fsp3) is 0.583. The Kier molecular flexibility index (Phi) is 3.92. The molecule has 4 aliphatic carbocycles. The lowest BCUT2D eigenvalue weighted by Gasteiger charge is -2.56. The molecule has 0 amide bonds. The lowest BCUT2D eigenvalue weighted by atomic mass is 9.49. The van der Waals surface area contributed by atoms with Gasteiger partial charge in [-0.1, -0.05) is 23.4 Å². The zero-order chi connectivity index (χ0) is 19.6. The van der Waals surface area contributed by atoms with Crippen molar-refractivity contribution in [2.75, 3.05) is 0 Å². The molecule has 4 aliphatic rings. The zero-order valence-corrected chi connectivity index (χ0v) is 17.3. The largest absolute Gasteiger partial charge is 0.350 e. The maximum absolute atomic E-state index is 5.70. The monoisotopic (exact) mass is 391 g/mol. The van der Waals surface area contributed by atoms with Gasteiger partial charge in [0.2, 0.25) is 0 Å². The molecule has 29 heavy (non-hydrogen) atoms. The Hall–Kier alpha value is -2.14. The van der Waals surface area contributed by atoms with Crippen molar-refractivity contribution in [3.05, 3.63) is 47.7 Å². The van der Waals surface area contributed by atoms with Crippen LogP contribution in [0.15, 0.2) is 35.0 Å². The highest BCUT2D eigenvalue weighted by molar-refractivity contribution is 5.83. The second-order valence-electron chi connectivity index (χ2n) is 10.3. The third-order valence-corrected chi connectivity index (χ3v) is 7.98. The highest BCUT2D eigenvalue weighted by Crippen LogP contribution is 2.60. The number of fused-ring (bicyclic) bond motifs is 1. The molecule has 0 aliphatic heterocycles. The molecule has 0 spiro atoms. The summed E-state index contributed by atoms with van der Waals surface area (Å²) in [6.07, 6.45) is 12.6. The molecule has 152 valence electrons. The molecule has 3 N–H and O–H groups in total. The van der Waals surface area contributed by atoms with Gasteiger partial charge in [-0.2, -0.15) is 4.98 Å². The van der Waals surface area contributed by atoms with Crippen LogP contribution in [-0.2, 0) is 19.9 Å². The van der Waals surface area contributed by atoms with E-state index in [0.717, 1.165) is 36.4 Å². The lowest BCUT2D eigenvalue weighted by molar-refractivity contribution is -0.431. The number of rotatable bonds is 5. The smallest absolute Gasteiger partial charge is 0.285 e. The van der Waals surface area contributed by atoms with Crippen LogP contribution in [-0.4, -0.2) is 14.7 Å². The first-order valence-electron chi connectivity index (χ1n) is 11.3. The van der Waals surface area contributed by atoms with E-state index < -0.39 is 0 Å². The Morgan fingerprint density at radius 2 is 1.83 bits per heavy atom. The molecule has 2 heterocycles. The summed E-state index contributed by atoms with van der Waals surface area (Å²) < 4.78 is 7.89. The average molecular weight is 392 g/mol. The van der Waals surface area contributed by atoms with Gasteiger partial charge in [-0.05, 0) is 73.3 Å². The third-order valence-electron chi connectivity index (χ3n) is 7.98. The predicted octanol–water partition coefficient (Wildman–Crippen LogP) is 3.85. The molecular formula is C24H31N4O+. The van der Waals surface area contributed by atoms with Crippen molar-refractivity contribution in [2.45, 2.75) is 57.4 Å². The van der Waals surface area contributed by atoms with Crippen LogP contribution in [0.2, 0.25) is 0 Å². The zero-order valence-electron chi connectivity index (χ0n) is 17.3. The van der Waals surface area contributed by atoms with Crippen LogP contribution in [0.3, 0.4) is 0 Å². The first-order valence-corrected chi connectivity index (χ1v) is 11.3. The molecule has 4 bridgehead atoms. The second kappa shape index (κ2) is 6.43. The van der Waals surface area contributed by atoms with Crippen LogP contribution in [0.1, 0.15) is 61.8 Å². The molecule has 7 rings (SSSR count). The highest BCUT2D eigenvalue weighted by Gasteiger charge is 2.51.